The van der Waals surface area contributed by atoms with Gasteiger partial charge in [-0.05, 0) is 44.9 Å². The molecule has 0 aromatic heterocycles. The first-order valence-electron chi connectivity index (χ1n) is 8.08. The van der Waals surface area contributed by atoms with Crippen LogP contribution in [0.3, 0.4) is 0 Å². The Bertz CT molecular complexity index is 510. The third-order valence-electron chi connectivity index (χ3n) is 3.31. The molecule has 0 spiro atoms. The minimum absolute atomic E-state index is 0.114. The Morgan fingerprint density at radius 3 is 2.30 bits per heavy atom. The van der Waals surface area contributed by atoms with Gasteiger partial charge in [-0.15, -0.1) is 0 Å². The largest absolute Gasteiger partial charge is 0.354 e. The lowest BCUT2D eigenvalue weighted by Crippen LogP contribution is -2.41. The Hall–Kier alpha value is -2.24. The van der Waals surface area contributed by atoms with E-state index in [-0.39, 0.29) is 12.1 Å². The molecule has 1 atom stereocenters. The van der Waals surface area contributed by atoms with Gasteiger partial charge in [0.1, 0.15) is 0 Å². The number of nitrogens with zero attached hydrogens (tertiary/aromatic N) is 1. The van der Waals surface area contributed by atoms with Gasteiger partial charge in [0.2, 0.25) is 0 Å². The Kier molecular flexibility index (Phi) is 7.94. The molecule has 0 saturated carbocycles. The number of aliphatic imine (C=N–C) groups is 1. The highest BCUT2D eigenvalue weighted by molar-refractivity contribution is 5.89. The Morgan fingerprint density at radius 1 is 1.13 bits per heavy atom. The van der Waals surface area contributed by atoms with Crippen LogP contribution >= 0.6 is 0 Å². The molecule has 23 heavy (non-hydrogen) atoms. The van der Waals surface area contributed by atoms with E-state index < -0.39 is 0 Å². The van der Waals surface area contributed by atoms with E-state index in [0.717, 1.165) is 23.6 Å². The third-order valence-corrected chi connectivity index (χ3v) is 3.31. The first-order valence-corrected chi connectivity index (χ1v) is 8.08. The molecular formula is C17H29N5O. The van der Waals surface area contributed by atoms with Crippen molar-refractivity contribution in [1.29, 1.82) is 0 Å². The van der Waals surface area contributed by atoms with Gasteiger partial charge in [0, 0.05) is 31.4 Å². The van der Waals surface area contributed by atoms with Crippen LogP contribution in [0.15, 0.2) is 29.3 Å². The summed E-state index contributed by atoms with van der Waals surface area (Å²) in [7, 11) is 1.76. The lowest BCUT2D eigenvalue weighted by molar-refractivity contribution is 0.250. The van der Waals surface area contributed by atoms with Crippen molar-refractivity contribution >= 4 is 17.7 Å². The molecule has 0 fully saturated rings. The van der Waals surface area contributed by atoms with E-state index in [4.69, 9.17) is 0 Å². The van der Waals surface area contributed by atoms with Crippen LogP contribution in [0.2, 0.25) is 0 Å². The summed E-state index contributed by atoms with van der Waals surface area (Å²) in [5.41, 5.74) is 1.89. The number of amides is 2. The van der Waals surface area contributed by atoms with Gasteiger partial charge < -0.3 is 21.3 Å². The molecular weight excluding hydrogens is 290 g/mol. The van der Waals surface area contributed by atoms with E-state index in [1.54, 1.807) is 7.05 Å². The van der Waals surface area contributed by atoms with Gasteiger partial charge >= 0.3 is 6.03 Å². The molecule has 0 aliphatic heterocycles. The highest BCUT2D eigenvalue weighted by Crippen LogP contribution is 2.09. The Balaban J connectivity index is 2.49. The lowest BCUT2D eigenvalue weighted by Gasteiger charge is -2.16. The summed E-state index contributed by atoms with van der Waals surface area (Å²) in [6, 6.07) is 8.05. The summed E-state index contributed by atoms with van der Waals surface area (Å²) in [5, 5.41) is 12.2. The molecule has 2 amide bonds. The van der Waals surface area contributed by atoms with E-state index in [0.29, 0.717) is 12.6 Å². The maximum absolute atomic E-state index is 11.6. The maximum atomic E-state index is 11.6. The van der Waals surface area contributed by atoms with Gasteiger partial charge in [-0.3, -0.25) is 4.99 Å². The van der Waals surface area contributed by atoms with Crippen LogP contribution in [0.5, 0.6) is 0 Å². The zero-order chi connectivity index (χ0) is 17.2. The van der Waals surface area contributed by atoms with Crippen LogP contribution in [-0.4, -0.2) is 31.1 Å². The minimum atomic E-state index is -0.191. The number of hydrogen-bond donors (Lipinski definition) is 4. The number of carbonyl (C=O) groups is 1. The fourth-order valence-corrected chi connectivity index (χ4v) is 1.85. The average Bonchev–Trinajstić information content (AvgIpc) is 2.51. The smallest absolute Gasteiger partial charge is 0.319 e. The average molecular weight is 319 g/mol. The third kappa shape index (κ3) is 7.54. The SMILES string of the molecule is CCC(C)NC(=NC)NCc1ccc(NC(=O)NC(C)C)cc1. The number of carbonyl (C=O) groups excluding carboxylic acids is 1. The number of anilines is 1. The first kappa shape index (κ1) is 18.8. The lowest BCUT2D eigenvalue weighted by atomic mass is 10.2. The van der Waals surface area contributed by atoms with Crippen molar-refractivity contribution in [3.05, 3.63) is 29.8 Å². The van der Waals surface area contributed by atoms with Gasteiger partial charge in [-0.25, -0.2) is 4.79 Å². The number of nitrogens with one attached hydrogen (secondary N) is 4. The van der Waals surface area contributed by atoms with Crippen molar-refractivity contribution in [2.24, 2.45) is 4.99 Å². The molecule has 6 nitrogen and oxygen atoms in total. The molecule has 0 aliphatic carbocycles. The molecule has 0 bridgehead atoms. The minimum Gasteiger partial charge on any atom is -0.354 e. The van der Waals surface area contributed by atoms with Crippen LogP contribution in [-0.2, 0) is 6.54 Å². The second kappa shape index (κ2) is 9.71. The van der Waals surface area contributed by atoms with E-state index in [2.05, 4.69) is 40.1 Å². The number of guanidine groups is 1. The zero-order valence-electron chi connectivity index (χ0n) is 14.7. The van der Waals surface area contributed by atoms with Crippen molar-refractivity contribution in [1.82, 2.24) is 16.0 Å². The molecule has 1 aromatic carbocycles. The number of rotatable bonds is 6. The molecule has 1 unspecified atom stereocenters. The second-order valence-corrected chi connectivity index (χ2v) is 5.83. The molecule has 0 radical (unpaired) electrons. The van der Waals surface area contributed by atoms with E-state index >= 15 is 0 Å². The molecule has 1 aromatic rings. The van der Waals surface area contributed by atoms with Gasteiger partial charge in [0.05, 0.1) is 0 Å². The van der Waals surface area contributed by atoms with Crippen LogP contribution in [0.1, 0.15) is 39.7 Å². The summed E-state index contributed by atoms with van der Waals surface area (Å²) >= 11 is 0. The molecule has 1 rings (SSSR count). The van der Waals surface area contributed by atoms with Crippen molar-refractivity contribution in [2.75, 3.05) is 12.4 Å². The highest BCUT2D eigenvalue weighted by atomic mass is 16.2. The van der Waals surface area contributed by atoms with Gasteiger partial charge in [0.15, 0.2) is 5.96 Å². The molecule has 4 N–H and O–H groups in total. The zero-order valence-corrected chi connectivity index (χ0v) is 14.7. The molecule has 0 heterocycles. The Labute approximate surface area is 139 Å². The number of hydrogen-bond acceptors (Lipinski definition) is 2. The van der Waals surface area contributed by atoms with Gasteiger partial charge in [-0.2, -0.15) is 0 Å². The molecule has 128 valence electrons. The summed E-state index contributed by atoms with van der Waals surface area (Å²) in [6.07, 6.45) is 1.04. The summed E-state index contributed by atoms with van der Waals surface area (Å²) < 4.78 is 0. The van der Waals surface area contributed by atoms with Crippen molar-refractivity contribution in [3.63, 3.8) is 0 Å². The van der Waals surface area contributed by atoms with Crippen LogP contribution in [0, 0.1) is 0 Å². The normalized spacial score (nSPS) is 12.7. The Morgan fingerprint density at radius 2 is 1.78 bits per heavy atom. The van der Waals surface area contributed by atoms with Crippen molar-refractivity contribution in [3.8, 4) is 0 Å². The fraction of sp³-hybridized carbons (Fsp3) is 0.529. The second-order valence-electron chi connectivity index (χ2n) is 5.83. The highest BCUT2D eigenvalue weighted by Gasteiger charge is 2.04. The number of urea groups is 1. The summed E-state index contributed by atoms with van der Waals surface area (Å²) in [4.78, 5) is 15.8. The van der Waals surface area contributed by atoms with Gasteiger partial charge in [0.25, 0.3) is 0 Å². The van der Waals surface area contributed by atoms with Crippen LogP contribution in [0.4, 0.5) is 10.5 Å². The standard InChI is InChI=1S/C17H29N5O/c1-6-13(4)21-16(18-5)19-11-14-7-9-15(10-8-14)22-17(23)20-12(2)3/h7-10,12-13H,6,11H2,1-5H3,(H2,18,19,21)(H2,20,22,23). The predicted octanol–water partition coefficient (Wildman–Crippen LogP) is 2.68. The van der Waals surface area contributed by atoms with Crippen LogP contribution < -0.4 is 21.3 Å². The summed E-state index contributed by atoms with van der Waals surface area (Å²) in [6.45, 7) is 8.78. The number of benzene rings is 1. The van der Waals surface area contributed by atoms with Crippen LogP contribution in [0.25, 0.3) is 0 Å². The van der Waals surface area contributed by atoms with Crippen molar-refractivity contribution in [2.45, 2.75) is 52.7 Å². The van der Waals surface area contributed by atoms with Gasteiger partial charge in [-0.1, -0.05) is 19.1 Å². The quantitative estimate of drug-likeness (QED) is 0.481. The molecule has 6 heteroatoms. The molecule has 0 saturated heterocycles. The topological polar surface area (TPSA) is 77.6 Å². The van der Waals surface area contributed by atoms with E-state index in [9.17, 15) is 4.79 Å². The maximum Gasteiger partial charge on any atom is 0.319 e. The summed E-state index contributed by atoms with van der Waals surface area (Å²) in [5.74, 6) is 0.790. The monoisotopic (exact) mass is 319 g/mol. The fourth-order valence-electron chi connectivity index (χ4n) is 1.85. The van der Waals surface area contributed by atoms with E-state index in [1.807, 2.05) is 38.1 Å². The van der Waals surface area contributed by atoms with Crippen molar-refractivity contribution < 1.29 is 4.79 Å². The van der Waals surface area contributed by atoms with E-state index in [1.165, 1.54) is 0 Å². The first-order chi connectivity index (χ1) is 10.9. The predicted molar refractivity (Wildman–Crippen MR) is 96.8 cm³/mol. The molecule has 0 aliphatic rings.